The van der Waals surface area contributed by atoms with Gasteiger partial charge in [0.15, 0.2) is 0 Å². The molecule has 1 aliphatic heterocycles. The molecule has 1 aromatic rings. The molecule has 8 heteroatoms. The number of nitrogens with zero attached hydrogens (tertiary/aromatic N) is 1. The molecule has 2 atom stereocenters. The van der Waals surface area contributed by atoms with Crippen LogP contribution in [0.4, 0.5) is 0 Å². The number of piperidine rings is 1. The van der Waals surface area contributed by atoms with Crippen molar-refractivity contribution in [1.82, 2.24) is 9.62 Å². The van der Waals surface area contributed by atoms with Gasteiger partial charge in [0.1, 0.15) is 4.21 Å². The Balaban J connectivity index is 2.06. The van der Waals surface area contributed by atoms with E-state index in [0.29, 0.717) is 36.6 Å². The summed E-state index contributed by atoms with van der Waals surface area (Å²) in [6.07, 6.45) is 2.03. The fourth-order valence-electron chi connectivity index (χ4n) is 2.65. The van der Waals surface area contributed by atoms with Crippen LogP contribution in [0.2, 0.25) is 0 Å². The van der Waals surface area contributed by atoms with E-state index in [1.165, 1.54) is 18.3 Å². The Kier molecular flexibility index (Phi) is 5.60. The van der Waals surface area contributed by atoms with E-state index < -0.39 is 10.0 Å². The van der Waals surface area contributed by atoms with Crippen LogP contribution in [0, 0.1) is 0 Å². The zero-order valence-corrected chi connectivity index (χ0v) is 14.5. The van der Waals surface area contributed by atoms with Crippen molar-refractivity contribution in [3.8, 4) is 0 Å². The van der Waals surface area contributed by atoms with Crippen LogP contribution in [0.1, 0.15) is 31.6 Å². The average Bonchev–Trinajstić information content (AvgIpc) is 2.87. The fourth-order valence-corrected chi connectivity index (χ4v) is 5.79. The Hall–Kier alpha value is -0.960. The first kappa shape index (κ1) is 17.4. The van der Waals surface area contributed by atoms with Gasteiger partial charge in [0.05, 0.1) is 0 Å². The molecular formula is C14H23N3O3S2. The van der Waals surface area contributed by atoms with Gasteiger partial charge < -0.3 is 11.1 Å². The lowest BCUT2D eigenvalue weighted by Crippen LogP contribution is -2.48. The topological polar surface area (TPSA) is 92.5 Å². The summed E-state index contributed by atoms with van der Waals surface area (Å²) in [4.78, 5) is 11.8. The van der Waals surface area contributed by atoms with Crippen LogP contribution < -0.4 is 11.1 Å². The predicted octanol–water partition coefficient (Wildman–Crippen LogP) is 0.927. The number of carbonyl (C=O) groups is 1. The largest absolute Gasteiger partial charge is 0.356 e. The van der Waals surface area contributed by atoms with Crippen molar-refractivity contribution in [3.05, 3.63) is 17.0 Å². The van der Waals surface area contributed by atoms with Crippen molar-refractivity contribution >= 4 is 27.3 Å². The number of sulfonamides is 1. The summed E-state index contributed by atoms with van der Waals surface area (Å²) in [6.45, 7) is 4.36. The maximum atomic E-state index is 12.7. The quantitative estimate of drug-likeness (QED) is 0.830. The summed E-state index contributed by atoms with van der Waals surface area (Å²) in [7, 11) is -3.45. The number of thiophene rings is 1. The molecule has 2 heterocycles. The smallest absolute Gasteiger partial charge is 0.252 e. The van der Waals surface area contributed by atoms with Gasteiger partial charge in [-0.15, -0.1) is 11.3 Å². The molecule has 1 saturated heterocycles. The summed E-state index contributed by atoms with van der Waals surface area (Å²) in [5.41, 5.74) is 5.90. The van der Waals surface area contributed by atoms with Crippen molar-refractivity contribution in [2.45, 2.75) is 49.4 Å². The van der Waals surface area contributed by atoms with Gasteiger partial charge in [-0.3, -0.25) is 4.79 Å². The number of hydrogen-bond donors (Lipinski definition) is 2. The number of amides is 1. The molecule has 0 radical (unpaired) electrons. The molecule has 124 valence electrons. The second-order valence-corrected chi connectivity index (χ2v) is 8.99. The van der Waals surface area contributed by atoms with E-state index >= 15 is 0 Å². The SMILES string of the molecule is CC(=O)NCCc1ccc(S(=O)(=O)N2CC[C@@H](N)C[C@H]2C)s1. The van der Waals surface area contributed by atoms with Crippen molar-refractivity contribution in [2.75, 3.05) is 13.1 Å². The minimum Gasteiger partial charge on any atom is -0.356 e. The first-order valence-corrected chi connectivity index (χ1v) is 9.67. The van der Waals surface area contributed by atoms with E-state index in [-0.39, 0.29) is 18.0 Å². The Bertz CT molecular complexity index is 627. The first-order chi connectivity index (χ1) is 10.3. The van der Waals surface area contributed by atoms with Crippen LogP contribution in [0.5, 0.6) is 0 Å². The van der Waals surface area contributed by atoms with E-state index in [1.807, 2.05) is 13.0 Å². The molecule has 0 bridgehead atoms. The maximum Gasteiger partial charge on any atom is 0.252 e. The number of rotatable bonds is 5. The number of hydrogen-bond acceptors (Lipinski definition) is 5. The highest BCUT2D eigenvalue weighted by Crippen LogP contribution is 2.29. The zero-order valence-electron chi connectivity index (χ0n) is 12.9. The predicted molar refractivity (Wildman–Crippen MR) is 87.3 cm³/mol. The molecule has 6 nitrogen and oxygen atoms in total. The van der Waals surface area contributed by atoms with Crippen molar-refractivity contribution < 1.29 is 13.2 Å². The normalized spacial score (nSPS) is 23.4. The molecule has 1 amide bonds. The molecule has 1 aliphatic rings. The van der Waals surface area contributed by atoms with Gasteiger partial charge in [-0.25, -0.2) is 8.42 Å². The molecular weight excluding hydrogens is 322 g/mol. The standard InChI is InChI=1S/C14H23N3O3S2/c1-10-9-12(15)6-8-17(10)22(19,20)14-4-3-13(21-14)5-7-16-11(2)18/h3-4,10,12H,5-9,15H2,1-2H3,(H,16,18)/t10-,12-/m1/s1. The monoisotopic (exact) mass is 345 g/mol. The van der Waals surface area contributed by atoms with Crippen LogP contribution in [-0.4, -0.2) is 43.8 Å². The molecule has 0 saturated carbocycles. The van der Waals surface area contributed by atoms with E-state index in [9.17, 15) is 13.2 Å². The molecule has 22 heavy (non-hydrogen) atoms. The molecule has 3 N–H and O–H groups in total. The average molecular weight is 345 g/mol. The summed E-state index contributed by atoms with van der Waals surface area (Å²) in [5, 5.41) is 2.71. The number of nitrogens with two attached hydrogens (primary N) is 1. The van der Waals surface area contributed by atoms with Crippen LogP contribution >= 0.6 is 11.3 Å². The summed E-state index contributed by atoms with van der Waals surface area (Å²) in [5.74, 6) is -0.0807. The lowest BCUT2D eigenvalue weighted by Gasteiger charge is -2.34. The molecule has 0 spiro atoms. The summed E-state index contributed by atoms with van der Waals surface area (Å²) >= 11 is 1.28. The Morgan fingerprint density at radius 3 is 2.86 bits per heavy atom. The van der Waals surface area contributed by atoms with Gasteiger partial charge >= 0.3 is 0 Å². The van der Waals surface area contributed by atoms with E-state index in [1.54, 1.807) is 10.4 Å². The van der Waals surface area contributed by atoms with Gasteiger partial charge in [0.2, 0.25) is 5.91 Å². The molecule has 0 unspecified atom stereocenters. The zero-order chi connectivity index (χ0) is 16.3. The van der Waals surface area contributed by atoms with Gasteiger partial charge in [-0.2, -0.15) is 4.31 Å². The third-order valence-electron chi connectivity index (χ3n) is 3.80. The minimum atomic E-state index is -3.45. The molecule has 2 rings (SSSR count). The fraction of sp³-hybridized carbons (Fsp3) is 0.643. The van der Waals surface area contributed by atoms with Gasteiger partial charge in [-0.1, -0.05) is 0 Å². The van der Waals surface area contributed by atoms with Gasteiger partial charge in [-0.05, 0) is 38.3 Å². The molecule has 1 aromatic heterocycles. The van der Waals surface area contributed by atoms with Crippen LogP contribution in [0.15, 0.2) is 16.3 Å². The van der Waals surface area contributed by atoms with Crippen molar-refractivity contribution in [1.29, 1.82) is 0 Å². The maximum absolute atomic E-state index is 12.7. The Morgan fingerprint density at radius 1 is 1.50 bits per heavy atom. The van der Waals surface area contributed by atoms with Crippen molar-refractivity contribution in [3.63, 3.8) is 0 Å². The summed E-state index contributed by atoms with van der Waals surface area (Å²) < 4.78 is 27.4. The van der Waals surface area contributed by atoms with E-state index in [0.717, 1.165) is 4.88 Å². The van der Waals surface area contributed by atoms with E-state index in [2.05, 4.69) is 5.32 Å². The highest BCUT2D eigenvalue weighted by molar-refractivity contribution is 7.91. The van der Waals surface area contributed by atoms with Crippen molar-refractivity contribution in [2.24, 2.45) is 5.73 Å². The lowest BCUT2D eigenvalue weighted by atomic mass is 10.0. The molecule has 1 fully saturated rings. The molecule has 0 aliphatic carbocycles. The minimum absolute atomic E-state index is 0.0707. The first-order valence-electron chi connectivity index (χ1n) is 7.41. The second-order valence-electron chi connectivity index (χ2n) is 5.70. The Labute approximate surface area is 135 Å². The van der Waals surface area contributed by atoms with Crippen LogP contribution in [-0.2, 0) is 21.2 Å². The second kappa shape index (κ2) is 7.08. The third-order valence-corrected chi connectivity index (χ3v) is 7.43. The number of carbonyl (C=O) groups excluding carboxylic acids is 1. The summed E-state index contributed by atoms with van der Waals surface area (Å²) in [6, 6.07) is 3.49. The lowest BCUT2D eigenvalue weighted by molar-refractivity contribution is -0.118. The highest BCUT2D eigenvalue weighted by atomic mass is 32.2. The molecule has 0 aromatic carbocycles. The van der Waals surface area contributed by atoms with Crippen LogP contribution in [0.25, 0.3) is 0 Å². The highest BCUT2D eigenvalue weighted by Gasteiger charge is 2.34. The Morgan fingerprint density at radius 2 is 2.23 bits per heavy atom. The number of nitrogens with one attached hydrogen (secondary N) is 1. The third kappa shape index (κ3) is 4.07. The van der Waals surface area contributed by atoms with Gasteiger partial charge in [0, 0.05) is 37.0 Å². The van der Waals surface area contributed by atoms with Crippen LogP contribution in [0.3, 0.4) is 0 Å². The van der Waals surface area contributed by atoms with Gasteiger partial charge in [0.25, 0.3) is 10.0 Å². The van der Waals surface area contributed by atoms with E-state index in [4.69, 9.17) is 5.73 Å².